The summed E-state index contributed by atoms with van der Waals surface area (Å²) in [6.07, 6.45) is 0.716. The molecule has 0 bridgehead atoms. The molecule has 0 amide bonds. The molecule has 2 nitrogen and oxygen atoms in total. The van der Waals surface area contributed by atoms with Gasteiger partial charge >= 0.3 is 0 Å². The van der Waals surface area contributed by atoms with Crippen LogP contribution in [0.25, 0.3) is 0 Å². The molecule has 1 aromatic rings. The summed E-state index contributed by atoms with van der Waals surface area (Å²) in [5.74, 6) is 0.795. The van der Waals surface area contributed by atoms with E-state index in [2.05, 4.69) is 15.9 Å². The van der Waals surface area contributed by atoms with Crippen LogP contribution in [-0.4, -0.2) is 17.8 Å². The molecule has 1 atom stereocenters. The second-order valence-electron chi connectivity index (χ2n) is 2.78. The van der Waals surface area contributed by atoms with Gasteiger partial charge in [0.15, 0.2) is 0 Å². The number of rotatable bonds is 4. The first-order valence-corrected chi connectivity index (χ1v) is 5.08. The van der Waals surface area contributed by atoms with Crippen LogP contribution in [0.2, 0.25) is 0 Å². The van der Waals surface area contributed by atoms with Gasteiger partial charge in [0.05, 0.1) is 6.61 Å². The summed E-state index contributed by atoms with van der Waals surface area (Å²) >= 11 is 3.34. The molecule has 1 rings (SSSR count). The van der Waals surface area contributed by atoms with Crippen molar-refractivity contribution in [2.45, 2.75) is 19.4 Å². The zero-order valence-corrected chi connectivity index (χ0v) is 9.12. The van der Waals surface area contributed by atoms with Crippen LogP contribution in [0.1, 0.15) is 13.3 Å². The van der Waals surface area contributed by atoms with Crippen LogP contribution in [0, 0.1) is 0 Å². The third-order valence-electron chi connectivity index (χ3n) is 1.78. The zero-order chi connectivity index (χ0) is 9.68. The highest BCUT2D eigenvalue weighted by atomic mass is 79.9. The van der Waals surface area contributed by atoms with E-state index in [1.807, 2.05) is 31.2 Å². The third-order valence-corrected chi connectivity index (χ3v) is 2.30. The van der Waals surface area contributed by atoms with Crippen LogP contribution < -0.4 is 4.74 Å². The highest BCUT2D eigenvalue weighted by Crippen LogP contribution is 2.17. The fourth-order valence-corrected chi connectivity index (χ4v) is 1.22. The second kappa shape index (κ2) is 5.25. The molecule has 1 N–H and O–H groups in total. The Morgan fingerprint density at radius 3 is 2.46 bits per heavy atom. The molecule has 0 saturated heterocycles. The Labute approximate surface area is 86.7 Å². The van der Waals surface area contributed by atoms with Gasteiger partial charge < -0.3 is 9.84 Å². The van der Waals surface area contributed by atoms with E-state index in [0.29, 0.717) is 0 Å². The van der Waals surface area contributed by atoms with Crippen LogP contribution in [0.15, 0.2) is 28.7 Å². The summed E-state index contributed by atoms with van der Waals surface area (Å²) in [6.45, 7) is 2.05. The maximum Gasteiger partial charge on any atom is 0.121 e. The molecule has 0 aliphatic rings. The lowest BCUT2D eigenvalue weighted by atomic mass is 10.3. The van der Waals surface area contributed by atoms with Gasteiger partial charge in [-0.2, -0.15) is 0 Å². The minimum Gasteiger partial charge on any atom is -0.488 e. The van der Waals surface area contributed by atoms with Crippen molar-refractivity contribution in [2.75, 3.05) is 6.61 Å². The van der Waals surface area contributed by atoms with Crippen LogP contribution in [0.5, 0.6) is 5.75 Å². The summed E-state index contributed by atoms with van der Waals surface area (Å²) in [4.78, 5) is 0. The van der Waals surface area contributed by atoms with Crippen LogP contribution in [-0.2, 0) is 0 Å². The van der Waals surface area contributed by atoms with Gasteiger partial charge in [-0.15, -0.1) is 0 Å². The molecule has 0 heterocycles. The molecule has 1 unspecified atom stereocenters. The van der Waals surface area contributed by atoms with Crippen LogP contribution >= 0.6 is 15.9 Å². The number of aliphatic hydroxyl groups excluding tert-OH is 1. The van der Waals surface area contributed by atoms with E-state index in [9.17, 15) is 0 Å². The summed E-state index contributed by atoms with van der Waals surface area (Å²) in [5.41, 5.74) is 0. The fraction of sp³-hybridized carbons (Fsp3) is 0.400. The molecule has 1 aromatic carbocycles. The molecular formula is C10H13BrO2. The minimum absolute atomic E-state index is 0.0621. The van der Waals surface area contributed by atoms with Gasteiger partial charge in [-0.3, -0.25) is 0 Å². The highest BCUT2D eigenvalue weighted by molar-refractivity contribution is 9.10. The van der Waals surface area contributed by atoms with Crippen molar-refractivity contribution < 1.29 is 9.84 Å². The predicted molar refractivity (Wildman–Crippen MR) is 55.9 cm³/mol. The molecule has 3 heteroatoms. The molecule has 0 fully saturated rings. The first kappa shape index (κ1) is 10.5. The van der Waals surface area contributed by atoms with Crippen LogP contribution in [0.4, 0.5) is 0 Å². The number of hydrogen-bond acceptors (Lipinski definition) is 2. The average molecular weight is 245 g/mol. The van der Waals surface area contributed by atoms with Crippen molar-refractivity contribution in [3.8, 4) is 5.75 Å². The van der Waals surface area contributed by atoms with E-state index in [4.69, 9.17) is 9.84 Å². The van der Waals surface area contributed by atoms with E-state index in [1.54, 1.807) is 0 Å². The fourth-order valence-electron chi connectivity index (χ4n) is 0.955. The number of ether oxygens (including phenoxy) is 1. The molecule has 13 heavy (non-hydrogen) atoms. The van der Waals surface area contributed by atoms with Crippen molar-refractivity contribution >= 4 is 15.9 Å². The minimum atomic E-state index is -0.0961. The lowest BCUT2D eigenvalue weighted by Crippen LogP contribution is -2.19. The molecule has 0 spiro atoms. The van der Waals surface area contributed by atoms with Gasteiger partial charge in [0.1, 0.15) is 11.9 Å². The monoisotopic (exact) mass is 244 g/mol. The van der Waals surface area contributed by atoms with Gasteiger partial charge in [0.2, 0.25) is 0 Å². The lowest BCUT2D eigenvalue weighted by molar-refractivity contribution is 0.112. The summed E-state index contributed by atoms with van der Waals surface area (Å²) < 4.78 is 6.52. The Morgan fingerprint density at radius 2 is 2.00 bits per heavy atom. The highest BCUT2D eigenvalue weighted by Gasteiger charge is 2.05. The molecule has 72 valence electrons. The van der Waals surface area contributed by atoms with E-state index < -0.39 is 0 Å². The van der Waals surface area contributed by atoms with Crippen molar-refractivity contribution in [3.05, 3.63) is 28.7 Å². The van der Waals surface area contributed by atoms with Crippen molar-refractivity contribution in [1.82, 2.24) is 0 Å². The van der Waals surface area contributed by atoms with Gasteiger partial charge in [0, 0.05) is 4.47 Å². The molecular weight excluding hydrogens is 232 g/mol. The molecule has 0 radical (unpaired) electrons. The van der Waals surface area contributed by atoms with Crippen molar-refractivity contribution in [1.29, 1.82) is 0 Å². The normalized spacial score (nSPS) is 12.5. The Kier molecular flexibility index (Phi) is 4.25. The van der Waals surface area contributed by atoms with Gasteiger partial charge in [-0.1, -0.05) is 22.9 Å². The number of benzene rings is 1. The van der Waals surface area contributed by atoms with Gasteiger partial charge in [-0.05, 0) is 30.7 Å². The SMILES string of the molecule is CCC(CO)Oc1ccc(Br)cc1. The first-order chi connectivity index (χ1) is 6.26. The van der Waals surface area contributed by atoms with E-state index >= 15 is 0 Å². The number of aliphatic hydroxyl groups is 1. The van der Waals surface area contributed by atoms with E-state index in [0.717, 1.165) is 16.6 Å². The lowest BCUT2D eigenvalue weighted by Gasteiger charge is -2.14. The van der Waals surface area contributed by atoms with Gasteiger partial charge in [0.25, 0.3) is 0 Å². The average Bonchev–Trinajstić information content (AvgIpc) is 2.17. The number of hydrogen-bond donors (Lipinski definition) is 1. The first-order valence-electron chi connectivity index (χ1n) is 4.29. The predicted octanol–water partition coefficient (Wildman–Crippen LogP) is 2.60. The Morgan fingerprint density at radius 1 is 1.38 bits per heavy atom. The Bertz CT molecular complexity index is 242. The third kappa shape index (κ3) is 3.36. The van der Waals surface area contributed by atoms with Crippen molar-refractivity contribution in [2.24, 2.45) is 0 Å². The maximum atomic E-state index is 8.91. The quantitative estimate of drug-likeness (QED) is 0.883. The molecule has 0 saturated carbocycles. The smallest absolute Gasteiger partial charge is 0.121 e. The summed E-state index contributed by atoms with van der Waals surface area (Å²) in [7, 11) is 0. The Hall–Kier alpha value is -0.540. The maximum absolute atomic E-state index is 8.91. The molecule has 0 aliphatic heterocycles. The molecule has 0 aromatic heterocycles. The summed E-state index contributed by atoms with van der Waals surface area (Å²) in [6, 6.07) is 7.59. The summed E-state index contributed by atoms with van der Waals surface area (Å²) in [5, 5.41) is 8.91. The standard InChI is InChI=1S/C10H13BrO2/c1-2-9(7-12)13-10-5-3-8(11)4-6-10/h3-6,9,12H,2,7H2,1H3. The Balaban J connectivity index is 2.58. The second-order valence-corrected chi connectivity index (χ2v) is 3.70. The number of halogens is 1. The van der Waals surface area contributed by atoms with Crippen molar-refractivity contribution in [3.63, 3.8) is 0 Å². The van der Waals surface area contributed by atoms with E-state index in [1.165, 1.54) is 0 Å². The largest absolute Gasteiger partial charge is 0.488 e. The van der Waals surface area contributed by atoms with Crippen LogP contribution in [0.3, 0.4) is 0 Å². The van der Waals surface area contributed by atoms with E-state index in [-0.39, 0.29) is 12.7 Å². The van der Waals surface area contributed by atoms with Gasteiger partial charge in [-0.25, -0.2) is 0 Å². The molecule has 0 aliphatic carbocycles. The zero-order valence-electron chi connectivity index (χ0n) is 7.53. The topological polar surface area (TPSA) is 29.5 Å².